The molecule has 8 heteroatoms. The molecule has 0 bridgehead atoms. The van der Waals surface area contributed by atoms with Crippen LogP contribution in [0.15, 0.2) is 64.6 Å². The Morgan fingerprint density at radius 3 is 2.59 bits per heavy atom. The van der Waals surface area contributed by atoms with E-state index < -0.39 is 11.0 Å². The van der Waals surface area contributed by atoms with Crippen molar-refractivity contribution >= 4 is 40.1 Å². The SMILES string of the molecule is Cc1cnc(Nc2cccc(NS(C)=O)c2)nc1Sc1ccc(CO)cc1. The monoisotopic (exact) mass is 400 g/mol. The van der Waals surface area contributed by atoms with E-state index in [-0.39, 0.29) is 6.61 Å². The summed E-state index contributed by atoms with van der Waals surface area (Å²) in [6.07, 6.45) is 3.36. The summed E-state index contributed by atoms with van der Waals surface area (Å²) in [6, 6.07) is 15.2. The van der Waals surface area contributed by atoms with Crippen LogP contribution in [-0.2, 0) is 17.6 Å². The van der Waals surface area contributed by atoms with Gasteiger partial charge in [-0.15, -0.1) is 0 Å². The third-order valence-corrected chi connectivity index (χ3v) is 5.26. The standard InChI is InChI=1S/C19H20N4O2S2/c1-13-11-20-19(21-15-4-3-5-16(10-15)23-27(2)25)22-18(13)26-17-8-6-14(12-24)7-9-17/h3-11,23-24H,12H2,1-2H3,(H,20,21,22). The summed E-state index contributed by atoms with van der Waals surface area (Å²) in [5.41, 5.74) is 3.42. The average Bonchev–Trinajstić information content (AvgIpc) is 2.65. The molecule has 0 saturated carbocycles. The second-order valence-corrected chi connectivity index (χ2v) is 8.02. The largest absolute Gasteiger partial charge is 0.392 e. The number of aliphatic hydroxyl groups excluding tert-OH is 1. The molecule has 0 spiro atoms. The van der Waals surface area contributed by atoms with Gasteiger partial charge in [-0.25, -0.2) is 14.2 Å². The Kier molecular flexibility index (Phi) is 6.44. The first-order valence-corrected chi connectivity index (χ1v) is 10.6. The van der Waals surface area contributed by atoms with Gasteiger partial charge in [0.1, 0.15) is 16.0 Å². The number of rotatable bonds is 7. The minimum absolute atomic E-state index is 0.0328. The van der Waals surface area contributed by atoms with Crippen LogP contribution in [0.3, 0.4) is 0 Å². The van der Waals surface area contributed by atoms with Crippen LogP contribution in [0.5, 0.6) is 0 Å². The fourth-order valence-electron chi connectivity index (χ4n) is 2.32. The summed E-state index contributed by atoms with van der Waals surface area (Å²) in [6.45, 7) is 2.00. The minimum atomic E-state index is -1.13. The van der Waals surface area contributed by atoms with E-state index in [1.807, 2.05) is 55.5 Å². The van der Waals surface area contributed by atoms with Gasteiger partial charge in [0.15, 0.2) is 0 Å². The van der Waals surface area contributed by atoms with E-state index in [9.17, 15) is 4.21 Å². The zero-order chi connectivity index (χ0) is 19.2. The Labute approximate surface area is 165 Å². The van der Waals surface area contributed by atoms with Crippen molar-refractivity contribution in [3.05, 3.63) is 65.9 Å². The van der Waals surface area contributed by atoms with E-state index in [0.717, 1.165) is 32.4 Å². The maximum Gasteiger partial charge on any atom is 0.228 e. The molecule has 1 atom stereocenters. The first-order valence-electron chi connectivity index (χ1n) is 8.22. The summed E-state index contributed by atoms with van der Waals surface area (Å²) in [7, 11) is -1.13. The third kappa shape index (κ3) is 5.53. The lowest BCUT2D eigenvalue weighted by Crippen LogP contribution is -2.02. The number of hydrogen-bond donors (Lipinski definition) is 3. The van der Waals surface area contributed by atoms with Gasteiger partial charge in [-0.2, -0.15) is 0 Å². The number of nitrogens with one attached hydrogen (secondary N) is 2. The topological polar surface area (TPSA) is 87.1 Å². The first-order chi connectivity index (χ1) is 13.0. The van der Waals surface area contributed by atoms with E-state index in [4.69, 9.17) is 5.11 Å². The van der Waals surface area contributed by atoms with Crippen molar-refractivity contribution in [3.8, 4) is 0 Å². The highest BCUT2D eigenvalue weighted by atomic mass is 32.2. The van der Waals surface area contributed by atoms with E-state index in [1.54, 1.807) is 24.2 Å². The molecule has 3 N–H and O–H groups in total. The lowest BCUT2D eigenvalue weighted by Gasteiger charge is -2.10. The minimum Gasteiger partial charge on any atom is -0.392 e. The van der Waals surface area contributed by atoms with E-state index in [0.29, 0.717) is 5.95 Å². The van der Waals surface area contributed by atoms with Crippen LogP contribution in [0.1, 0.15) is 11.1 Å². The highest BCUT2D eigenvalue weighted by Crippen LogP contribution is 2.30. The lowest BCUT2D eigenvalue weighted by molar-refractivity contribution is 0.282. The molecule has 3 aromatic rings. The van der Waals surface area contributed by atoms with Crippen molar-refractivity contribution < 1.29 is 9.32 Å². The Bertz CT molecular complexity index is 949. The molecule has 27 heavy (non-hydrogen) atoms. The van der Waals surface area contributed by atoms with Crippen LogP contribution in [0, 0.1) is 6.92 Å². The van der Waals surface area contributed by atoms with Crippen molar-refractivity contribution in [3.63, 3.8) is 0 Å². The summed E-state index contributed by atoms with van der Waals surface area (Å²) < 4.78 is 14.2. The van der Waals surface area contributed by atoms with Gasteiger partial charge in [0.2, 0.25) is 5.95 Å². The fraction of sp³-hybridized carbons (Fsp3) is 0.158. The zero-order valence-electron chi connectivity index (χ0n) is 15.0. The van der Waals surface area contributed by atoms with Crippen molar-refractivity contribution in [2.75, 3.05) is 16.3 Å². The maximum absolute atomic E-state index is 11.3. The highest BCUT2D eigenvalue weighted by molar-refractivity contribution is 7.99. The molecule has 140 valence electrons. The molecule has 0 aliphatic heterocycles. The predicted octanol–water partition coefficient (Wildman–Crippen LogP) is 3.88. The average molecular weight is 401 g/mol. The number of benzene rings is 2. The van der Waals surface area contributed by atoms with Gasteiger partial charge < -0.3 is 15.1 Å². The molecule has 0 fully saturated rings. The normalized spacial score (nSPS) is 11.8. The van der Waals surface area contributed by atoms with Gasteiger partial charge in [0.25, 0.3) is 0 Å². The highest BCUT2D eigenvalue weighted by Gasteiger charge is 2.07. The summed E-state index contributed by atoms with van der Waals surface area (Å²) in [5.74, 6) is 0.491. The Hall–Kier alpha value is -2.42. The lowest BCUT2D eigenvalue weighted by atomic mass is 10.2. The van der Waals surface area contributed by atoms with Gasteiger partial charge in [-0.1, -0.05) is 30.0 Å². The smallest absolute Gasteiger partial charge is 0.228 e. The Morgan fingerprint density at radius 2 is 1.89 bits per heavy atom. The number of aryl methyl sites for hydroxylation is 1. The molecule has 1 aromatic heterocycles. The van der Waals surface area contributed by atoms with Crippen LogP contribution >= 0.6 is 11.8 Å². The molecule has 0 aliphatic carbocycles. The summed E-state index contributed by atoms with van der Waals surface area (Å²) >= 11 is 1.54. The number of aromatic nitrogens is 2. The third-order valence-electron chi connectivity index (χ3n) is 3.63. The van der Waals surface area contributed by atoms with Gasteiger partial charge in [0.05, 0.1) is 6.61 Å². The van der Waals surface area contributed by atoms with Crippen LogP contribution in [0.4, 0.5) is 17.3 Å². The number of hydrogen-bond acceptors (Lipinski definition) is 6. The van der Waals surface area contributed by atoms with Crippen molar-refractivity contribution in [1.82, 2.24) is 9.97 Å². The fourth-order valence-corrected chi connectivity index (χ4v) is 3.62. The second-order valence-electron chi connectivity index (χ2n) is 5.85. The van der Waals surface area contributed by atoms with Gasteiger partial charge in [-0.3, -0.25) is 0 Å². The maximum atomic E-state index is 11.3. The van der Waals surface area contributed by atoms with Crippen LogP contribution in [0.25, 0.3) is 0 Å². The molecule has 2 aromatic carbocycles. The van der Waals surface area contributed by atoms with Crippen molar-refractivity contribution in [1.29, 1.82) is 0 Å². The van der Waals surface area contributed by atoms with Crippen molar-refractivity contribution in [2.24, 2.45) is 0 Å². The quantitative estimate of drug-likeness (QED) is 0.522. The summed E-state index contributed by atoms with van der Waals surface area (Å²) in [4.78, 5) is 9.99. The van der Waals surface area contributed by atoms with Crippen LogP contribution in [0.2, 0.25) is 0 Å². The first kappa shape index (κ1) is 19.3. The number of anilines is 3. The van der Waals surface area contributed by atoms with E-state index in [2.05, 4.69) is 20.0 Å². The molecule has 1 heterocycles. The van der Waals surface area contributed by atoms with Gasteiger partial charge in [-0.05, 0) is 42.8 Å². The van der Waals surface area contributed by atoms with Gasteiger partial charge >= 0.3 is 0 Å². The molecule has 0 aliphatic rings. The number of aliphatic hydroxyl groups is 1. The molecule has 0 radical (unpaired) electrons. The van der Waals surface area contributed by atoms with E-state index in [1.165, 1.54) is 0 Å². The van der Waals surface area contributed by atoms with Gasteiger partial charge in [0, 0.05) is 34.3 Å². The van der Waals surface area contributed by atoms with E-state index >= 15 is 0 Å². The zero-order valence-corrected chi connectivity index (χ0v) is 16.6. The Balaban J connectivity index is 1.77. The Morgan fingerprint density at radius 1 is 1.15 bits per heavy atom. The summed E-state index contributed by atoms with van der Waals surface area (Å²) in [5, 5.41) is 13.2. The molecule has 0 saturated heterocycles. The van der Waals surface area contributed by atoms with Crippen LogP contribution in [-0.4, -0.2) is 25.5 Å². The molecule has 0 amide bonds. The molecular formula is C19H20N4O2S2. The number of nitrogens with zero attached hydrogens (tertiary/aromatic N) is 2. The molecular weight excluding hydrogens is 380 g/mol. The molecule has 3 rings (SSSR count). The predicted molar refractivity (Wildman–Crippen MR) is 111 cm³/mol. The van der Waals surface area contributed by atoms with Crippen molar-refractivity contribution in [2.45, 2.75) is 23.5 Å². The molecule has 1 unspecified atom stereocenters. The second kappa shape index (κ2) is 8.98. The molecule has 6 nitrogen and oxygen atoms in total. The van der Waals surface area contributed by atoms with Crippen LogP contribution < -0.4 is 10.0 Å².